The summed E-state index contributed by atoms with van der Waals surface area (Å²) in [5, 5.41) is 45.3. The number of aliphatic carboxylic acids is 1. The Morgan fingerprint density at radius 1 is 0.958 bits per heavy atom. The SMILES string of the molecule is O=C(O)CNC(=O)CNc1ccc([N+](=O)[O-])c([N+](=O)[O-])c1[N+](=O)[O-]. The molecule has 0 aliphatic rings. The molecule has 0 aliphatic carbocycles. The molecule has 0 radical (unpaired) electrons. The van der Waals surface area contributed by atoms with Crippen molar-refractivity contribution >= 4 is 34.6 Å². The van der Waals surface area contributed by atoms with Crippen LogP contribution in [0.15, 0.2) is 12.1 Å². The number of carboxylic acids is 1. The van der Waals surface area contributed by atoms with Gasteiger partial charge in [-0.1, -0.05) is 0 Å². The highest BCUT2D eigenvalue weighted by molar-refractivity contribution is 5.86. The number of nitrogens with one attached hydrogen (secondary N) is 2. The number of anilines is 1. The van der Waals surface area contributed by atoms with E-state index in [1.165, 1.54) is 0 Å². The van der Waals surface area contributed by atoms with Gasteiger partial charge in [0.15, 0.2) is 0 Å². The van der Waals surface area contributed by atoms with Crippen LogP contribution < -0.4 is 10.6 Å². The van der Waals surface area contributed by atoms with Crippen molar-refractivity contribution in [3.63, 3.8) is 0 Å². The van der Waals surface area contributed by atoms with E-state index in [-0.39, 0.29) is 0 Å². The van der Waals surface area contributed by atoms with Crippen LogP contribution in [-0.2, 0) is 9.59 Å². The highest BCUT2D eigenvalue weighted by Crippen LogP contribution is 2.41. The van der Waals surface area contributed by atoms with E-state index < -0.39 is 62.5 Å². The first kappa shape index (κ1) is 18.2. The predicted molar refractivity (Wildman–Crippen MR) is 75.5 cm³/mol. The molecule has 24 heavy (non-hydrogen) atoms. The van der Waals surface area contributed by atoms with Gasteiger partial charge >= 0.3 is 23.0 Å². The Hall–Kier alpha value is -3.84. The lowest BCUT2D eigenvalue weighted by atomic mass is 10.2. The van der Waals surface area contributed by atoms with E-state index in [4.69, 9.17) is 5.11 Å². The quantitative estimate of drug-likeness (QED) is 0.425. The first-order valence-electron chi connectivity index (χ1n) is 5.97. The average molecular weight is 343 g/mol. The Balaban J connectivity index is 3.16. The number of carbonyl (C=O) groups excluding carboxylic acids is 1. The minimum Gasteiger partial charge on any atom is -0.480 e. The maximum Gasteiger partial charge on any atom is 0.424 e. The minimum atomic E-state index is -1.33. The summed E-state index contributed by atoms with van der Waals surface area (Å²) in [4.78, 5) is 50.8. The molecule has 1 rings (SSSR count). The summed E-state index contributed by atoms with van der Waals surface area (Å²) in [5.74, 6) is -2.17. The third-order valence-corrected chi connectivity index (χ3v) is 2.57. The Labute approximate surface area is 131 Å². The Kier molecular flexibility index (Phi) is 5.64. The van der Waals surface area contributed by atoms with Crippen molar-refractivity contribution in [3.05, 3.63) is 42.5 Å². The van der Waals surface area contributed by atoms with Crippen molar-refractivity contribution < 1.29 is 29.5 Å². The number of carbonyl (C=O) groups is 2. The number of hydrogen-bond donors (Lipinski definition) is 3. The van der Waals surface area contributed by atoms with Gasteiger partial charge in [-0.3, -0.25) is 39.9 Å². The van der Waals surface area contributed by atoms with Gasteiger partial charge < -0.3 is 15.7 Å². The van der Waals surface area contributed by atoms with Crippen LogP contribution in [0.5, 0.6) is 0 Å². The fourth-order valence-corrected chi connectivity index (χ4v) is 1.64. The number of nitrogens with zero attached hydrogens (tertiary/aromatic N) is 3. The van der Waals surface area contributed by atoms with Crippen LogP contribution in [-0.4, -0.2) is 44.8 Å². The fourth-order valence-electron chi connectivity index (χ4n) is 1.64. The van der Waals surface area contributed by atoms with E-state index in [2.05, 4.69) is 5.32 Å². The summed E-state index contributed by atoms with van der Waals surface area (Å²) in [6.07, 6.45) is 0. The molecule has 0 unspecified atom stereocenters. The molecule has 1 amide bonds. The van der Waals surface area contributed by atoms with Gasteiger partial charge in [-0.2, -0.15) is 0 Å². The molecule has 0 spiro atoms. The largest absolute Gasteiger partial charge is 0.480 e. The molecule has 3 N–H and O–H groups in total. The monoisotopic (exact) mass is 343 g/mol. The molecule has 1 aromatic carbocycles. The van der Waals surface area contributed by atoms with Gasteiger partial charge in [-0.15, -0.1) is 0 Å². The topological polar surface area (TPSA) is 208 Å². The summed E-state index contributed by atoms with van der Waals surface area (Å²) in [5.41, 5.74) is -4.09. The zero-order chi connectivity index (χ0) is 18.4. The molecule has 0 fully saturated rings. The molecule has 0 saturated heterocycles. The van der Waals surface area contributed by atoms with E-state index in [1.807, 2.05) is 5.32 Å². The number of benzene rings is 1. The second-order valence-corrected chi connectivity index (χ2v) is 4.12. The Morgan fingerprint density at radius 3 is 2.00 bits per heavy atom. The molecule has 0 heterocycles. The number of nitro groups is 3. The highest BCUT2D eigenvalue weighted by Gasteiger charge is 2.38. The van der Waals surface area contributed by atoms with Gasteiger partial charge in [-0.05, 0) is 6.07 Å². The average Bonchev–Trinajstić information content (AvgIpc) is 2.49. The van der Waals surface area contributed by atoms with Crippen molar-refractivity contribution in [2.24, 2.45) is 0 Å². The van der Waals surface area contributed by atoms with Crippen LogP contribution >= 0.6 is 0 Å². The van der Waals surface area contributed by atoms with Crippen molar-refractivity contribution in [1.29, 1.82) is 0 Å². The number of amides is 1. The smallest absolute Gasteiger partial charge is 0.424 e. The molecule has 0 aliphatic heterocycles. The van der Waals surface area contributed by atoms with Crippen molar-refractivity contribution in [3.8, 4) is 0 Å². The van der Waals surface area contributed by atoms with E-state index in [1.54, 1.807) is 0 Å². The number of rotatable bonds is 8. The maximum absolute atomic E-state index is 11.3. The summed E-state index contributed by atoms with van der Waals surface area (Å²) in [6, 6.07) is 1.52. The van der Waals surface area contributed by atoms with Gasteiger partial charge in [0.05, 0.1) is 21.3 Å². The highest BCUT2D eigenvalue weighted by atomic mass is 16.6. The minimum absolute atomic E-state index is 0.497. The summed E-state index contributed by atoms with van der Waals surface area (Å²) in [6.45, 7) is -1.33. The number of hydrogen-bond acceptors (Lipinski definition) is 9. The van der Waals surface area contributed by atoms with Crippen LogP contribution in [0.4, 0.5) is 22.7 Å². The maximum atomic E-state index is 11.3. The molecule has 14 nitrogen and oxygen atoms in total. The van der Waals surface area contributed by atoms with Crippen LogP contribution in [0, 0.1) is 30.3 Å². The summed E-state index contributed by atoms with van der Waals surface area (Å²) >= 11 is 0. The number of carboxylic acid groups (broad SMARTS) is 1. The molecule has 14 heteroatoms. The normalized spacial score (nSPS) is 9.83. The van der Waals surface area contributed by atoms with E-state index in [9.17, 15) is 39.9 Å². The number of nitro benzene ring substituents is 3. The molecule has 0 aromatic heterocycles. The molecule has 1 aromatic rings. The van der Waals surface area contributed by atoms with Crippen LogP contribution in [0.3, 0.4) is 0 Å². The second-order valence-electron chi connectivity index (χ2n) is 4.12. The molecular weight excluding hydrogens is 334 g/mol. The molecule has 0 bridgehead atoms. The first-order chi connectivity index (χ1) is 11.1. The van der Waals surface area contributed by atoms with Crippen molar-refractivity contribution in [2.75, 3.05) is 18.4 Å². The lowest BCUT2D eigenvalue weighted by molar-refractivity contribution is -0.440. The zero-order valence-electron chi connectivity index (χ0n) is 11.6. The lowest BCUT2D eigenvalue weighted by Gasteiger charge is -2.07. The Bertz CT molecular complexity index is 732. The van der Waals surface area contributed by atoms with Crippen molar-refractivity contribution in [1.82, 2.24) is 5.32 Å². The molecule has 0 atom stereocenters. The molecule has 128 valence electrons. The lowest BCUT2D eigenvalue weighted by Crippen LogP contribution is -2.33. The summed E-state index contributed by atoms with van der Waals surface area (Å²) in [7, 11) is 0. The molecular formula is C10H9N5O9. The van der Waals surface area contributed by atoms with Crippen molar-refractivity contribution in [2.45, 2.75) is 0 Å². The van der Waals surface area contributed by atoms with Crippen LogP contribution in [0.2, 0.25) is 0 Å². The van der Waals surface area contributed by atoms with Crippen LogP contribution in [0.25, 0.3) is 0 Å². The Morgan fingerprint density at radius 2 is 1.54 bits per heavy atom. The van der Waals surface area contributed by atoms with Gasteiger partial charge in [0.25, 0.3) is 0 Å². The van der Waals surface area contributed by atoms with Gasteiger partial charge in [-0.25, -0.2) is 0 Å². The second kappa shape index (κ2) is 7.43. The van der Waals surface area contributed by atoms with Gasteiger partial charge in [0, 0.05) is 6.07 Å². The zero-order valence-corrected chi connectivity index (χ0v) is 11.6. The van der Waals surface area contributed by atoms with E-state index in [0.29, 0.717) is 6.07 Å². The predicted octanol–water partition coefficient (Wildman–Crippen LogP) is 0.0239. The summed E-state index contributed by atoms with van der Waals surface area (Å²) < 4.78 is 0. The third kappa shape index (κ3) is 4.33. The van der Waals surface area contributed by atoms with E-state index in [0.717, 1.165) is 6.07 Å². The molecule has 0 saturated carbocycles. The third-order valence-electron chi connectivity index (χ3n) is 2.57. The van der Waals surface area contributed by atoms with Gasteiger partial charge in [0.2, 0.25) is 5.91 Å². The standard InChI is InChI=1S/C10H9N5O9/c16-7(12-4-8(17)18)3-11-5-1-2-6(13(19)20)10(15(23)24)9(5)14(21)22/h1-2,11H,3-4H2,(H,12,16)(H,17,18). The van der Waals surface area contributed by atoms with Crippen LogP contribution in [0.1, 0.15) is 0 Å². The fraction of sp³-hybridized carbons (Fsp3) is 0.200. The van der Waals surface area contributed by atoms with E-state index >= 15 is 0 Å². The van der Waals surface area contributed by atoms with Gasteiger partial charge in [0.1, 0.15) is 12.2 Å². The first-order valence-corrected chi connectivity index (χ1v) is 5.97.